The number of nitrogens with two attached hydrogens (primary N) is 1. The lowest BCUT2D eigenvalue weighted by Crippen LogP contribution is -2.51. The van der Waals surface area contributed by atoms with Crippen molar-refractivity contribution in [2.24, 2.45) is 5.73 Å². The third-order valence-electron chi connectivity index (χ3n) is 6.36. The largest absolute Gasteiger partial charge is 0.490 e. The molecule has 1 saturated heterocycles. The lowest BCUT2D eigenvalue weighted by atomic mass is 9.96. The standard InChI is InChI=1S/C26H32N4O2/c1-18-24(11-8-20-5-4-14-28-25(18)20)19-6-9-22(10-7-19)32-23-13-16-30(26(27)31)21(17-23)12-15-29(2)3/h4-11,14,21,23H,12-13,15-17H2,1-3H3,(H2,27,31). The average molecular weight is 433 g/mol. The molecule has 6 nitrogen and oxygen atoms in total. The first-order chi connectivity index (χ1) is 15.4. The Hall–Kier alpha value is -3.12. The molecular weight excluding hydrogens is 400 g/mol. The van der Waals surface area contributed by atoms with E-state index in [0.717, 1.165) is 48.0 Å². The number of hydrogen-bond donors (Lipinski definition) is 1. The van der Waals surface area contributed by atoms with Crippen molar-refractivity contribution in [3.8, 4) is 16.9 Å². The van der Waals surface area contributed by atoms with Gasteiger partial charge in [-0.05, 0) is 68.9 Å². The molecule has 2 amide bonds. The maximum absolute atomic E-state index is 11.8. The molecule has 1 fully saturated rings. The van der Waals surface area contributed by atoms with Crippen molar-refractivity contribution in [3.05, 3.63) is 60.3 Å². The number of carbonyl (C=O) groups is 1. The number of likely N-dealkylation sites (tertiary alicyclic amines) is 1. The predicted molar refractivity (Wildman–Crippen MR) is 129 cm³/mol. The molecule has 0 radical (unpaired) electrons. The predicted octanol–water partition coefficient (Wildman–Crippen LogP) is 4.45. The first kappa shape index (κ1) is 22.1. The van der Waals surface area contributed by atoms with Crippen LogP contribution in [-0.4, -0.2) is 60.1 Å². The summed E-state index contributed by atoms with van der Waals surface area (Å²) in [4.78, 5) is 20.3. The van der Waals surface area contributed by atoms with Gasteiger partial charge in [-0.1, -0.05) is 30.3 Å². The molecule has 0 saturated carbocycles. The maximum atomic E-state index is 11.8. The summed E-state index contributed by atoms with van der Waals surface area (Å²) in [6.07, 6.45) is 4.40. The Labute approximate surface area is 190 Å². The van der Waals surface area contributed by atoms with Crippen molar-refractivity contribution in [2.75, 3.05) is 27.2 Å². The van der Waals surface area contributed by atoms with E-state index in [-0.39, 0.29) is 18.2 Å². The van der Waals surface area contributed by atoms with E-state index in [4.69, 9.17) is 10.5 Å². The molecule has 3 aromatic rings. The van der Waals surface area contributed by atoms with Gasteiger partial charge in [0.15, 0.2) is 0 Å². The van der Waals surface area contributed by atoms with Gasteiger partial charge < -0.3 is 20.3 Å². The number of piperidine rings is 1. The summed E-state index contributed by atoms with van der Waals surface area (Å²) >= 11 is 0. The first-order valence-electron chi connectivity index (χ1n) is 11.2. The number of pyridine rings is 1. The van der Waals surface area contributed by atoms with E-state index in [1.807, 2.05) is 38.5 Å². The number of hydrogen-bond acceptors (Lipinski definition) is 4. The highest BCUT2D eigenvalue weighted by Gasteiger charge is 2.31. The third-order valence-corrected chi connectivity index (χ3v) is 6.36. The van der Waals surface area contributed by atoms with Gasteiger partial charge in [0.2, 0.25) is 0 Å². The summed E-state index contributed by atoms with van der Waals surface area (Å²) in [6.45, 7) is 3.67. The Bertz CT molecular complexity index is 1080. The van der Waals surface area contributed by atoms with Crippen LogP contribution in [-0.2, 0) is 0 Å². The second-order valence-corrected chi connectivity index (χ2v) is 8.88. The molecule has 2 atom stereocenters. The van der Waals surface area contributed by atoms with E-state index in [1.54, 1.807) is 4.90 Å². The van der Waals surface area contributed by atoms with Gasteiger partial charge in [0, 0.05) is 37.0 Å². The number of primary amides is 1. The van der Waals surface area contributed by atoms with Gasteiger partial charge in [0.1, 0.15) is 11.9 Å². The Morgan fingerprint density at radius 2 is 1.97 bits per heavy atom. The van der Waals surface area contributed by atoms with Gasteiger partial charge in [-0.15, -0.1) is 0 Å². The van der Waals surface area contributed by atoms with Crippen molar-refractivity contribution in [3.63, 3.8) is 0 Å². The molecule has 1 aliphatic rings. The lowest BCUT2D eigenvalue weighted by Gasteiger charge is -2.39. The van der Waals surface area contributed by atoms with Crippen molar-refractivity contribution in [2.45, 2.75) is 38.3 Å². The highest BCUT2D eigenvalue weighted by molar-refractivity contribution is 5.88. The monoisotopic (exact) mass is 432 g/mol. The van der Waals surface area contributed by atoms with Crippen LogP contribution in [0.5, 0.6) is 5.75 Å². The topological polar surface area (TPSA) is 71.7 Å². The van der Waals surface area contributed by atoms with Gasteiger partial charge in [-0.25, -0.2) is 4.79 Å². The number of benzene rings is 2. The molecule has 6 heteroatoms. The van der Waals surface area contributed by atoms with Gasteiger partial charge >= 0.3 is 6.03 Å². The summed E-state index contributed by atoms with van der Waals surface area (Å²) in [6, 6.07) is 16.4. The van der Waals surface area contributed by atoms with Gasteiger partial charge in [0.05, 0.1) is 5.52 Å². The van der Waals surface area contributed by atoms with Crippen LogP contribution in [0.4, 0.5) is 4.79 Å². The quantitative estimate of drug-likeness (QED) is 0.625. The number of rotatable bonds is 6. The van der Waals surface area contributed by atoms with E-state index in [0.29, 0.717) is 6.54 Å². The summed E-state index contributed by atoms with van der Waals surface area (Å²) in [5.41, 5.74) is 10.2. The molecule has 0 spiro atoms. The molecular formula is C26H32N4O2. The number of carbonyl (C=O) groups excluding carboxylic acids is 1. The lowest BCUT2D eigenvalue weighted by molar-refractivity contribution is 0.0704. The second-order valence-electron chi connectivity index (χ2n) is 8.88. The number of aryl methyl sites for hydroxylation is 1. The minimum absolute atomic E-state index is 0.0789. The molecule has 2 N–H and O–H groups in total. The molecule has 0 aliphatic carbocycles. The van der Waals surface area contributed by atoms with Crippen LogP contribution in [0.1, 0.15) is 24.8 Å². The van der Waals surface area contributed by atoms with E-state index >= 15 is 0 Å². The Morgan fingerprint density at radius 3 is 2.69 bits per heavy atom. The van der Waals surface area contributed by atoms with Crippen LogP contribution in [0, 0.1) is 6.92 Å². The van der Waals surface area contributed by atoms with Crippen molar-refractivity contribution in [1.29, 1.82) is 0 Å². The van der Waals surface area contributed by atoms with Crippen molar-refractivity contribution in [1.82, 2.24) is 14.8 Å². The Kier molecular flexibility index (Phi) is 6.61. The van der Waals surface area contributed by atoms with E-state index in [2.05, 4.69) is 47.1 Å². The number of aromatic nitrogens is 1. The highest BCUT2D eigenvalue weighted by atomic mass is 16.5. The molecule has 1 aromatic heterocycles. The molecule has 4 rings (SSSR count). The minimum Gasteiger partial charge on any atom is -0.490 e. The van der Waals surface area contributed by atoms with Crippen molar-refractivity contribution >= 4 is 16.9 Å². The van der Waals surface area contributed by atoms with Crippen LogP contribution < -0.4 is 10.5 Å². The smallest absolute Gasteiger partial charge is 0.315 e. The molecule has 2 heterocycles. The summed E-state index contributed by atoms with van der Waals surface area (Å²) in [7, 11) is 4.08. The second kappa shape index (κ2) is 9.57. The fourth-order valence-corrected chi connectivity index (χ4v) is 4.60. The summed E-state index contributed by atoms with van der Waals surface area (Å²) in [5.74, 6) is 0.856. The average Bonchev–Trinajstić information content (AvgIpc) is 2.79. The fraction of sp³-hybridized carbons (Fsp3) is 0.385. The zero-order valence-corrected chi connectivity index (χ0v) is 19.1. The van der Waals surface area contributed by atoms with E-state index in [1.165, 1.54) is 11.1 Å². The molecule has 2 unspecified atom stereocenters. The van der Waals surface area contributed by atoms with Gasteiger partial charge in [-0.2, -0.15) is 0 Å². The Balaban J connectivity index is 1.46. The minimum atomic E-state index is -0.336. The molecule has 168 valence electrons. The van der Waals surface area contributed by atoms with Crippen LogP contribution in [0.25, 0.3) is 22.0 Å². The summed E-state index contributed by atoms with van der Waals surface area (Å²) < 4.78 is 6.31. The number of amides is 2. The van der Waals surface area contributed by atoms with Gasteiger partial charge in [-0.3, -0.25) is 4.98 Å². The molecule has 1 aliphatic heterocycles. The fourth-order valence-electron chi connectivity index (χ4n) is 4.60. The zero-order valence-electron chi connectivity index (χ0n) is 19.1. The van der Waals surface area contributed by atoms with Crippen molar-refractivity contribution < 1.29 is 9.53 Å². The first-order valence-corrected chi connectivity index (χ1v) is 11.2. The number of ether oxygens (including phenoxy) is 1. The highest BCUT2D eigenvalue weighted by Crippen LogP contribution is 2.31. The van der Waals surface area contributed by atoms with E-state index < -0.39 is 0 Å². The Morgan fingerprint density at radius 1 is 1.19 bits per heavy atom. The zero-order chi connectivity index (χ0) is 22.7. The summed E-state index contributed by atoms with van der Waals surface area (Å²) in [5, 5.41) is 1.15. The number of urea groups is 1. The van der Waals surface area contributed by atoms with E-state index in [9.17, 15) is 4.79 Å². The molecule has 0 bridgehead atoms. The van der Waals surface area contributed by atoms with Crippen LogP contribution in [0.3, 0.4) is 0 Å². The number of nitrogens with zero attached hydrogens (tertiary/aromatic N) is 3. The SMILES string of the molecule is Cc1c(-c2ccc(OC3CCN(C(N)=O)C(CCN(C)C)C3)cc2)ccc2cccnc12. The molecule has 32 heavy (non-hydrogen) atoms. The van der Waals surface area contributed by atoms with Gasteiger partial charge in [0.25, 0.3) is 0 Å². The van der Waals surface area contributed by atoms with Crippen LogP contribution in [0.2, 0.25) is 0 Å². The molecule has 2 aromatic carbocycles. The number of fused-ring (bicyclic) bond motifs is 1. The maximum Gasteiger partial charge on any atom is 0.315 e. The van der Waals surface area contributed by atoms with Crippen LogP contribution >= 0.6 is 0 Å². The normalized spacial score (nSPS) is 18.8. The third kappa shape index (κ3) is 4.86. The van der Waals surface area contributed by atoms with Crippen LogP contribution in [0.15, 0.2) is 54.7 Å².